The monoisotopic (exact) mass is 313 g/mol. The third-order valence-electron chi connectivity index (χ3n) is 2.83. The second-order valence-corrected chi connectivity index (χ2v) is 6.28. The molecule has 3 nitrogen and oxygen atoms in total. The van der Waals surface area contributed by atoms with E-state index in [1.807, 2.05) is 12.1 Å². The summed E-state index contributed by atoms with van der Waals surface area (Å²) in [6.07, 6.45) is 0.174. The number of carboxylic acid groups (broad SMARTS) is 1. The summed E-state index contributed by atoms with van der Waals surface area (Å²) in [5, 5.41) is 8.80. The van der Waals surface area contributed by atoms with Gasteiger partial charge in [-0.2, -0.15) is 0 Å². The topological polar surface area (TPSA) is 40.5 Å². The minimum atomic E-state index is -0.750. The average Bonchev–Trinajstić information content (AvgIpc) is 2.24. The molecule has 0 amide bonds. The quantitative estimate of drug-likeness (QED) is 0.904. The van der Waals surface area contributed by atoms with E-state index >= 15 is 0 Å². The fourth-order valence-electron chi connectivity index (χ4n) is 1.69. The van der Waals surface area contributed by atoms with Crippen LogP contribution in [-0.2, 0) is 11.3 Å². The van der Waals surface area contributed by atoms with Crippen LogP contribution < -0.4 is 0 Å². The molecule has 0 bridgehead atoms. The second kappa shape index (κ2) is 6.34. The van der Waals surface area contributed by atoms with Crippen molar-refractivity contribution in [3.8, 4) is 0 Å². The Morgan fingerprint density at radius 2 is 1.83 bits per heavy atom. The zero-order valence-corrected chi connectivity index (χ0v) is 12.7. The number of carboxylic acids is 1. The van der Waals surface area contributed by atoms with Gasteiger partial charge in [0, 0.05) is 23.1 Å². The van der Waals surface area contributed by atoms with Gasteiger partial charge >= 0.3 is 5.97 Å². The van der Waals surface area contributed by atoms with E-state index in [0.29, 0.717) is 6.54 Å². The van der Waals surface area contributed by atoms with Crippen LogP contribution in [0.15, 0.2) is 28.7 Å². The third kappa shape index (κ3) is 5.19. The zero-order chi connectivity index (χ0) is 13.8. The van der Waals surface area contributed by atoms with E-state index in [1.54, 1.807) is 0 Å². The largest absolute Gasteiger partial charge is 0.481 e. The highest BCUT2D eigenvalue weighted by Gasteiger charge is 2.21. The fraction of sp³-hybridized carbons (Fsp3) is 0.500. The lowest BCUT2D eigenvalue weighted by molar-refractivity contribution is -0.137. The lowest BCUT2D eigenvalue weighted by Crippen LogP contribution is -2.41. The summed E-state index contributed by atoms with van der Waals surface area (Å²) >= 11 is 3.41. The van der Waals surface area contributed by atoms with E-state index < -0.39 is 5.97 Å². The summed E-state index contributed by atoms with van der Waals surface area (Å²) in [6.45, 7) is 7.65. The van der Waals surface area contributed by atoms with Gasteiger partial charge in [0.2, 0.25) is 0 Å². The van der Waals surface area contributed by atoms with Crippen LogP contribution in [0.25, 0.3) is 0 Å². The molecule has 0 radical (unpaired) electrons. The van der Waals surface area contributed by atoms with Crippen LogP contribution in [0.4, 0.5) is 0 Å². The van der Waals surface area contributed by atoms with Gasteiger partial charge in [0.05, 0.1) is 6.42 Å². The molecular weight excluding hydrogens is 294 g/mol. The van der Waals surface area contributed by atoms with Crippen molar-refractivity contribution >= 4 is 21.9 Å². The van der Waals surface area contributed by atoms with Gasteiger partial charge < -0.3 is 5.11 Å². The number of hydrogen-bond donors (Lipinski definition) is 1. The average molecular weight is 314 g/mol. The number of halogens is 1. The predicted octanol–water partition coefficient (Wildman–Crippen LogP) is 3.52. The molecule has 100 valence electrons. The van der Waals surface area contributed by atoms with Gasteiger partial charge in [-0.1, -0.05) is 28.1 Å². The molecular formula is C14H20BrNO2. The summed E-state index contributed by atoms with van der Waals surface area (Å²) in [6, 6.07) is 8.13. The molecule has 1 aromatic rings. The van der Waals surface area contributed by atoms with Crippen molar-refractivity contribution in [3.05, 3.63) is 34.3 Å². The van der Waals surface area contributed by atoms with Gasteiger partial charge in [0.1, 0.15) is 0 Å². The number of rotatable bonds is 5. The van der Waals surface area contributed by atoms with E-state index in [-0.39, 0.29) is 12.0 Å². The number of aliphatic carboxylic acids is 1. The number of benzene rings is 1. The molecule has 0 aliphatic carbocycles. The molecule has 0 unspecified atom stereocenters. The molecule has 1 aromatic carbocycles. The summed E-state index contributed by atoms with van der Waals surface area (Å²) in [7, 11) is 0. The van der Waals surface area contributed by atoms with Gasteiger partial charge in [0.25, 0.3) is 0 Å². The molecule has 0 heterocycles. The van der Waals surface area contributed by atoms with E-state index in [9.17, 15) is 4.79 Å². The van der Waals surface area contributed by atoms with Crippen molar-refractivity contribution in [2.75, 3.05) is 6.54 Å². The molecule has 1 N–H and O–H groups in total. The summed E-state index contributed by atoms with van der Waals surface area (Å²) in [5.74, 6) is -0.750. The number of carbonyl (C=O) groups is 1. The first-order chi connectivity index (χ1) is 8.29. The maximum absolute atomic E-state index is 10.7. The van der Waals surface area contributed by atoms with E-state index in [1.165, 1.54) is 5.56 Å². The Labute approximate surface area is 117 Å². The Kier molecular flexibility index (Phi) is 5.35. The molecule has 18 heavy (non-hydrogen) atoms. The summed E-state index contributed by atoms with van der Waals surface area (Å²) in [4.78, 5) is 12.9. The van der Waals surface area contributed by atoms with Crippen molar-refractivity contribution < 1.29 is 9.90 Å². The predicted molar refractivity (Wildman–Crippen MR) is 76.6 cm³/mol. The standard InChI is InChI=1S/C14H20BrNO2/c1-14(2,3)16(9-8-13(17)18)10-11-4-6-12(15)7-5-11/h4-7H,8-10H2,1-3H3,(H,17,18). The Balaban J connectivity index is 2.72. The van der Waals surface area contributed by atoms with E-state index in [2.05, 4.69) is 53.7 Å². The van der Waals surface area contributed by atoms with Crippen molar-refractivity contribution in [2.24, 2.45) is 0 Å². The lowest BCUT2D eigenvalue weighted by atomic mass is 10.0. The molecule has 0 fully saturated rings. The molecule has 0 atom stereocenters. The number of nitrogens with zero attached hydrogens (tertiary/aromatic N) is 1. The van der Waals surface area contributed by atoms with Gasteiger partial charge in [0.15, 0.2) is 0 Å². The molecule has 0 spiro atoms. The molecule has 0 saturated heterocycles. The molecule has 0 aromatic heterocycles. The molecule has 1 rings (SSSR count). The van der Waals surface area contributed by atoms with Crippen LogP contribution >= 0.6 is 15.9 Å². The van der Waals surface area contributed by atoms with Crippen LogP contribution in [0, 0.1) is 0 Å². The van der Waals surface area contributed by atoms with Crippen LogP contribution in [0.3, 0.4) is 0 Å². The maximum Gasteiger partial charge on any atom is 0.304 e. The molecule has 0 aliphatic heterocycles. The van der Waals surface area contributed by atoms with Crippen LogP contribution in [0.1, 0.15) is 32.8 Å². The molecule has 0 saturated carbocycles. The molecule has 4 heteroatoms. The molecule has 0 aliphatic rings. The minimum Gasteiger partial charge on any atom is -0.481 e. The van der Waals surface area contributed by atoms with E-state index in [4.69, 9.17) is 5.11 Å². The SMILES string of the molecule is CC(C)(C)N(CCC(=O)O)Cc1ccc(Br)cc1. The first-order valence-electron chi connectivity index (χ1n) is 6.00. The Bertz CT molecular complexity index is 395. The smallest absolute Gasteiger partial charge is 0.304 e. The van der Waals surface area contributed by atoms with Crippen molar-refractivity contribution in [1.82, 2.24) is 4.90 Å². The zero-order valence-electron chi connectivity index (χ0n) is 11.1. The van der Waals surface area contributed by atoms with Gasteiger partial charge in [-0.15, -0.1) is 0 Å². The lowest BCUT2D eigenvalue weighted by Gasteiger charge is -2.35. The first-order valence-corrected chi connectivity index (χ1v) is 6.79. The Morgan fingerprint density at radius 1 is 1.28 bits per heavy atom. The van der Waals surface area contributed by atoms with Crippen LogP contribution in [-0.4, -0.2) is 28.1 Å². The summed E-state index contributed by atoms with van der Waals surface area (Å²) < 4.78 is 1.05. The Hall–Kier alpha value is -0.870. The normalized spacial score (nSPS) is 11.8. The highest BCUT2D eigenvalue weighted by molar-refractivity contribution is 9.10. The van der Waals surface area contributed by atoms with Gasteiger partial charge in [-0.05, 0) is 38.5 Å². The van der Waals surface area contributed by atoms with Gasteiger partial charge in [-0.3, -0.25) is 9.69 Å². The third-order valence-corrected chi connectivity index (χ3v) is 3.36. The van der Waals surface area contributed by atoms with Gasteiger partial charge in [-0.25, -0.2) is 0 Å². The highest BCUT2D eigenvalue weighted by atomic mass is 79.9. The fourth-order valence-corrected chi connectivity index (χ4v) is 1.96. The van der Waals surface area contributed by atoms with Crippen molar-refractivity contribution in [3.63, 3.8) is 0 Å². The highest BCUT2D eigenvalue weighted by Crippen LogP contribution is 2.19. The second-order valence-electron chi connectivity index (χ2n) is 5.36. The minimum absolute atomic E-state index is 0.0392. The first kappa shape index (κ1) is 15.2. The van der Waals surface area contributed by atoms with Crippen molar-refractivity contribution in [1.29, 1.82) is 0 Å². The van der Waals surface area contributed by atoms with Crippen LogP contribution in [0.2, 0.25) is 0 Å². The number of hydrogen-bond acceptors (Lipinski definition) is 2. The Morgan fingerprint density at radius 3 is 2.28 bits per heavy atom. The van der Waals surface area contributed by atoms with Crippen molar-refractivity contribution in [2.45, 2.75) is 39.3 Å². The van der Waals surface area contributed by atoms with E-state index in [0.717, 1.165) is 11.0 Å². The maximum atomic E-state index is 10.7. The summed E-state index contributed by atoms with van der Waals surface area (Å²) in [5.41, 5.74) is 1.15. The van der Waals surface area contributed by atoms with Crippen LogP contribution in [0.5, 0.6) is 0 Å².